The average Bonchev–Trinajstić information content (AvgIpc) is 3.06. The number of carbonyl (C=O) groups is 1. The molecule has 0 saturated carbocycles. The Labute approximate surface area is 319 Å². The highest BCUT2D eigenvalue weighted by molar-refractivity contribution is 6.00. The zero-order valence-electron chi connectivity index (χ0n) is 28.5. The highest BCUT2D eigenvalue weighted by Crippen LogP contribution is 2.69. The third-order valence-corrected chi connectivity index (χ3v) is 8.13. The smallest absolute Gasteiger partial charge is 0.349 e. The van der Waals surface area contributed by atoms with Crippen LogP contribution in [-0.4, -0.2) is 107 Å². The van der Waals surface area contributed by atoms with Gasteiger partial charge in [-0.15, -0.1) is 0 Å². The second-order valence-corrected chi connectivity index (χ2v) is 12.4. The Kier molecular flexibility index (Phi) is 13.8. The van der Waals surface area contributed by atoms with E-state index < -0.39 is 119 Å². The number of aliphatic imine (C=N–C) groups is 1. The molecule has 0 fully saturated rings. The zero-order valence-corrected chi connectivity index (χ0v) is 28.5. The largest absolute Gasteiger partial charge is 0.460 e. The Bertz CT molecular complexity index is 1880. The van der Waals surface area contributed by atoms with Crippen LogP contribution in [-0.2, 0) is 4.79 Å². The average molecular weight is 986 g/mol. The fraction of sp³-hybridized carbons (Fsp3) is 0.704. The molecule has 0 bridgehead atoms. The van der Waals surface area contributed by atoms with Crippen molar-refractivity contribution in [2.45, 2.75) is 115 Å². The van der Waals surface area contributed by atoms with Crippen LogP contribution in [0.3, 0.4) is 0 Å². The lowest BCUT2D eigenvalue weighted by Crippen LogP contribution is -2.79. The van der Waals surface area contributed by atoms with Crippen molar-refractivity contribution in [1.82, 2.24) is 5.32 Å². The Morgan fingerprint density at radius 1 is 0.500 bits per heavy atom. The number of benzene rings is 1. The van der Waals surface area contributed by atoms with Crippen LogP contribution < -0.4 is 5.32 Å². The van der Waals surface area contributed by atoms with Crippen molar-refractivity contribution in [3.8, 4) is 0 Å². The van der Waals surface area contributed by atoms with Crippen LogP contribution in [0.5, 0.6) is 0 Å². The summed E-state index contributed by atoms with van der Waals surface area (Å²) in [5.41, 5.74) is -1.88. The molecule has 0 saturated heterocycles. The van der Waals surface area contributed by atoms with E-state index in [1.165, 1.54) is 5.32 Å². The van der Waals surface area contributed by atoms with Crippen LogP contribution in [0.1, 0.15) is 29.3 Å². The minimum Gasteiger partial charge on any atom is -0.349 e. The topological polar surface area (TPSA) is 58.5 Å². The molecule has 1 aromatic carbocycles. The van der Waals surface area contributed by atoms with E-state index in [4.69, 9.17) is 0 Å². The zero-order chi connectivity index (χ0) is 50.3. The van der Waals surface area contributed by atoms with Gasteiger partial charge in [0.2, 0.25) is 6.08 Å². The van der Waals surface area contributed by atoms with E-state index in [0.717, 1.165) is 31.2 Å². The predicted molar refractivity (Wildman–Crippen MR) is 136 cm³/mol. The number of hydrogen-bond donors (Lipinski definition) is 1. The van der Waals surface area contributed by atoms with E-state index >= 15 is 0 Å². The molecule has 0 aliphatic heterocycles. The Morgan fingerprint density at radius 2 is 0.774 bits per heavy atom. The molecule has 1 atom stereocenters. The molecular weight excluding hydrogens is 973 g/mol. The van der Waals surface area contributed by atoms with E-state index in [-0.39, 0.29) is 12.5 Å². The van der Waals surface area contributed by atoms with E-state index in [1.54, 1.807) is 0 Å². The standard InChI is InChI=1S/C27H13F31N2O2/c1-8-4-3-5-10(59-7-61)11(8)12(62)60-9(2)6-13(28,29)14(30,31)15(32,33)16(34,35)17(36,37)18(38,39)19(40,41)20(42,43)21(44,45)22(46,47)23(48,49)24(50,51)25(52,53)26(54,55)27(56,57)58/h3-5,9H,6H2,1-2H3,(H,60,62). The number of nitrogens with one attached hydrogen (secondary N) is 1. The number of isocyanates is 1. The highest BCUT2D eigenvalue weighted by Gasteiger charge is 3.01. The normalized spacial score (nSPS) is 16.2. The van der Waals surface area contributed by atoms with Crippen LogP contribution in [0.25, 0.3) is 0 Å². The Morgan fingerprint density at radius 3 is 1.05 bits per heavy atom. The summed E-state index contributed by atoms with van der Waals surface area (Å²) >= 11 is 0. The summed E-state index contributed by atoms with van der Waals surface area (Å²) in [6.45, 7) is 1.01. The molecule has 1 unspecified atom stereocenters. The minimum atomic E-state index is -10.1. The molecule has 1 aromatic rings. The van der Waals surface area contributed by atoms with Gasteiger partial charge >= 0.3 is 89.1 Å². The summed E-state index contributed by atoms with van der Waals surface area (Å²) in [6, 6.07) is -0.106. The van der Waals surface area contributed by atoms with Gasteiger partial charge in [0, 0.05) is 12.5 Å². The summed E-state index contributed by atoms with van der Waals surface area (Å²) in [7, 11) is 0. The van der Waals surface area contributed by atoms with Crippen LogP contribution >= 0.6 is 0 Å². The van der Waals surface area contributed by atoms with Crippen molar-refractivity contribution in [3.63, 3.8) is 0 Å². The first-order valence-electron chi connectivity index (χ1n) is 14.6. The Hall–Kier alpha value is -4.10. The number of carbonyl (C=O) groups excluding carboxylic acids is 2. The third-order valence-electron chi connectivity index (χ3n) is 8.13. The predicted octanol–water partition coefficient (Wildman–Crippen LogP) is 11.9. The fourth-order valence-corrected chi connectivity index (χ4v) is 4.53. The Balaban J connectivity index is 3.86. The first-order chi connectivity index (χ1) is 26.7. The lowest BCUT2D eigenvalue weighted by atomic mass is 9.82. The van der Waals surface area contributed by atoms with E-state index in [2.05, 4.69) is 4.99 Å². The van der Waals surface area contributed by atoms with Crippen molar-refractivity contribution in [1.29, 1.82) is 0 Å². The van der Waals surface area contributed by atoms with Gasteiger partial charge in [-0.05, 0) is 25.5 Å². The second-order valence-electron chi connectivity index (χ2n) is 12.4. The molecular formula is C27H13F31N2O2. The summed E-state index contributed by atoms with van der Waals surface area (Å²) in [6.07, 6.45) is -10.8. The SMILES string of the molecule is Cc1cccc(N=C=O)c1C(=O)NC(C)CC(F)(F)C(F)(F)C(F)(F)C(F)(F)C(F)(F)C(F)(F)C(F)(F)C(F)(F)C(F)(F)C(F)(F)C(F)(F)C(F)(F)C(F)(F)C(F)(F)C(F)(F)F. The van der Waals surface area contributed by atoms with E-state index in [0.29, 0.717) is 0 Å². The molecule has 0 aliphatic rings. The molecule has 0 radical (unpaired) electrons. The minimum absolute atomic E-state index is 0.0445. The fourth-order valence-electron chi connectivity index (χ4n) is 4.53. The molecule has 360 valence electrons. The lowest BCUT2D eigenvalue weighted by molar-refractivity contribution is -0.489. The van der Waals surface area contributed by atoms with E-state index in [9.17, 15) is 146 Å². The molecule has 1 amide bonds. The monoisotopic (exact) mass is 986 g/mol. The number of rotatable bonds is 18. The molecule has 1 N–H and O–H groups in total. The number of amides is 1. The van der Waals surface area contributed by atoms with Crippen LogP contribution in [0, 0.1) is 6.92 Å². The number of hydrogen-bond acceptors (Lipinski definition) is 3. The highest BCUT2D eigenvalue weighted by atomic mass is 19.4. The van der Waals surface area contributed by atoms with Crippen LogP contribution in [0.2, 0.25) is 0 Å². The van der Waals surface area contributed by atoms with Crippen molar-refractivity contribution in [2.24, 2.45) is 4.99 Å². The maximum Gasteiger partial charge on any atom is 0.460 e. The van der Waals surface area contributed by atoms with Crippen molar-refractivity contribution in [3.05, 3.63) is 29.3 Å². The van der Waals surface area contributed by atoms with Gasteiger partial charge in [0.1, 0.15) is 0 Å². The van der Waals surface area contributed by atoms with Gasteiger partial charge in [0.25, 0.3) is 5.91 Å². The molecule has 0 aromatic heterocycles. The first-order valence-corrected chi connectivity index (χ1v) is 14.6. The van der Waals surface area contributed by atoms with Gasteiger partial charge in [0.05, 0.1) is 11.3 Å². The molecule has 0 spiro atoms. The van der Waals surface area contributed by atoms with Crippen LogP contribution in [0.4, 0.5) is 142 Å². The van der Waals surface area contributed by atoms with Gasteiger partial charge < -0.3 is 5.32 Å². The van der Waals surface area contributed by atoms with Crippen molar-refractivity contribution >= 4 is 17.7 Å². The summed E-state index contributed by atoms with van der Waals surface area (Å²) in [4.78, 5) is 25.9. The van der Waals surface area contributed by atoms with Gasteiger partial charge in [0.15, 0.2) is 0 Å². The maximum absolute atomic E-state index is 14.5. The summed E-state index contributed by atoms with van der Waals surface area (Å²) < 4.78 is 427. The molecule has 0 aliphatic carbocycles. The van der Waals surface area contributed by atoms with Gasteiger partial charge in [-0.2, -0.15) is 141 Å². The molecule has 1 rings (SSSR count). The first kappa shape index (κ1) is 55.9. The molecule has 62 heavy (non-hydrogen) atoms. The van der Waals surface area contributed by atoms with Crippen molar-refractivity contribution < 1.29 is 146 Å². The maximum atomic E-state index is 14.5. The van der Waals surface area contributed by atoms with Crippen molar-refractivity contribution in [2.75, 3.05) is 0 Å². The summed E-state index contributed by atoms with van der Waals surface area (Å²) in [5.74, 6) is -134. The molecule has 35 heteroatoms. The second kappa shape index (κ2) is 15.3. The third kappa shape index (κ3) is 7.30. The quantitative estimate of drug-likeness (QED) is 0.0905. The lowest BCUT2D eigenvalue weighted by Gasteiger charge is -2.46. The van der Waals surface area contributed by atoms with E-state index in [1.807, 2.05) is 0 Å². The van der Waals surface area contributed by atoms with Gasteiger partial charge in [-0.3, -0.25) is 4.79 Å². The molecule has 0 heterocycles. The molecule has 4 nitrogen and oxygen atoms in total. The van der Waals surface area contributed by atoms with Gasteiger partial charge in [-0.1, -0.05) is 12.1 Å². The number of aryl methyl sites for hydroxylation is 1. The summed E-state index contributed by atoms with van der Waals surface area (Å²) in [5, 5.41) is 1.23. The number of halogens is 31. The van der Waals surface area contributed by atoms with Gasteiger partial charge in [-0.25, -0.2) is 4.79 Å². The number of nitrogens with zero attached hydrogens (tertiary/aromatic N) is 1. The number of alkyl halides is 31. The van der Waals surface area contributed by atoms with Crippen LogP contribution in [0.15, 0.2) is 23.2 Å².